The molecule has 0 atom stereocenters. The molecule has 10 nitrogen and oxygen atoms in total. The molecule has 0 fully saturated rings. The Bertz CT molecular complexity index is 778. The van der Waals surface area contributed by atoms with Gasteiger partial charge in [-0.15, -0.1) is 0 Å². The molecule has 0 saturated carbocycles. The third-order valence-corrected chi connectivity index (χ3v) is 3.82. The Kier molecular flexibility index (Phi) is 13.6. The molecule has 31 heavy (non-hydrogen) atoms. The number of carboxylic acids is 2. The largest absolute Gasteiger partial charge is 2.00 e. The Morgan fingerprint density at radius 3 is 1.35 bits per heavy atom. The van der Waals surface area contributed by atoms with Crippen molar-refractivity contribution in [2.45, 2.75) is 12.8 Å². The number of hydrogen-bond acceptors (Lipinski definition) is 10. The van der Waals surface area contributed by atoms with Gasteiger partial charge in [0.25, 0.3) is 0 Å². The fourth-order valence-electron chi connectivity index (χ4n) is 2.35. The van der Waals surface area contributed by atoms with Gasteiger partial charge in [0, 0.05) is 25.2 Å². The number of hydrogen-bond donors (Lipinski definition) is 6. The van der Waals surface area contributed by atoms with E-state index >= 15 is 0 Å². The summed E-state index contributed by atoms with van der Waals surface area (Å²) >= 11 is 0. The van der Waals surface area contributed by atoms with E-state index in [-0.39, 0.29) is 55.6 Å². The third kappa shape index (κ3) is 12.4. The number of rotatable bonds is 10. The summed E-state index contributed by atoms with van der Waals surface area (Å²) in [4.78, 5) is 20.1. The van der Waals surface area contributed by atoms with E-state index in [4.69, 9.17) is 10.2 Å². The standard InChI is InChI=1S/2C10H13NO4.Zn/c2*12-8-2-1-7(9(13)5-8)3-4-11-6-10(14)15;/h2*1-2,5,11-13H,3-4,6H2,(H,14,15);/q;;+2/p-2. The van der Waals surface area contributed by atoms with Gasteiger partial charge in [-0.25, -0.2) is 0 Å². The summed E-state index contributed by atoms with van der Waals surface area (Å²) in [6.07, 6.45) is 0.971. The van der Waals surface area contributed by atoms with E-state index in [2.05, 4.69) is 10.6 Å². The minimum absolute atomic E-state index is 0. The number of nitrogens with one attached hydrogen (secondary N) is 2. The van der Waals surface area contributed by atoms with Crippen LogP contribution in [-0.4, -0.2) is 58.5 Å². The minimum Gasteiger partial charge on any atom is -0.549 e. The number of carbonyl (C=O) groups excluding carboxylic acids is 2. The first-order chi connectivity index (χ1) is 14.2. The number of aliphatic carboxylic acids is 2. The van der Waals surface area contributed by atoms with Crippen LogP contribution in [0.15, 0.2) is 36.4 Å². The van der Waals surface area contributed by atoms with Crippen molar-refractivity contribution < 1.29 is 59.7 Å². The van der Waals surface area contributed by atoms with E-state index in [1.807, 2.05) is 0 Å². The average Bonchev–Trinajstić information content (AvgIpc) is 2.65. The quantitative estimate of drug-likeness (QED) is 0.162. The van der Waals surface area contributed by atoms with Crippen molar-refractivity contribution in [1.29, 1.82) is 0 Å². The van der Waals surface area contributed by atoms with Gasteiger partial charge in [-0.05, 0) is 49.2 Å². The molecule has 2 rings (SSSR count). The maximum Gasteiger partial charge on any atom is 2.00 e. The topological polar surface area (TPSA) is 185 Å². The number of aromatic hydroxyl groups is 4. The summed E-state index contributed by atoms with van der Waals surface area (Å²) in [5.74, 6) is -2.32. The van der Waals surface area contributed by atoms with Crippen LogP contribution in [0.3, 0.4) is 0 Å². The first kappa shape index (κ1) is 28.1. The molecule has 0 amide bonds. The number of phenolic OH excluding ortho intramolecular Hbond substituents is 4. The van der Waals surface area contributed by atoms with Crippen molar-refractivity contribution >= 4 is 11.9 Å². The first-order valence-electron chi connectivity index (χ1n) is 9.02. The Labute approximate surface area is 191 Å². The van der Waals surface area contributed by atoms with Gasteiger partial charge in [-0.1, -0.05) is 12.1 Å². The zero-order valence-corrected chi connectivity index (χ0v) is 19.8. The van der Waals surface area contributed by atoms with Crippen LogP contribution in [0.4, 0.5) is 0 Å². The van der Waals surface area contributed by atoms with E-state index in [0.717, 1.165) is 0 Å². The number of benzene rings is 2. The average molecular weight is 486 g/mol. The van der Waals surface area contributed by atoms with E-state index < -0.39 is 11.9 Å². The predicted octanol–water partition coefficient (Wildman–Crippen LogP) is -2.04. The normalized spacial score (nSPS) is 9.81. The third-order valence-electron chi connectivity index (χ3n) is 3.82. The van der Waals surface area contributed by atoms with Crippen molar-refractivity contribution in [3.05, 3.63) is 47.5 Å². The van der Waals surface area contributed by atoms with Gasteiger partial charge in [-0.3, -0.25) is 0 Å². The van der Waals surface area contributed by atoms with Crippen LogP contribution in [0.25, 0.3) is 0 Å². The summed E-state index contributed by atoms with van der Waals surface area (Å²) in [5, 5.41) is 62.2. The van der Waals surface area contributed by atoms with Crippen molar-refractivity contribution in [3.63, 3.8) is 0 Å². The molecule has 11 heteroatoms. The summed E-state index contributed by atoms with van der Waals surface area (Å²) in [7, 11) is 0. The Balaban J connectivity index is 0.000000562. The van der Waals surface area contributed by atoms with Gasteiger partial charge in [0.1, 0.15) is 23.0 Å². The van der Waals surface area contributed by atoms with Crippen molar-refractivity contribution in [1.82, 2.24) is 10.6 Å². The Hall–Kier alpha value is -2.88. The van der Waals surface area contributed by atoms with Crippen LogP contribution < -0.4 is 20.8 Å². The summed E-state index contributed by atoms with van der Waals surface area (Å²) in [5.41, 5.74) is 1.30. The van der Waals surface area contributed by atoms with E-state index in [1.54, 1.807) is 12.1 Å². The van der Waals surface area contributed by atoms with Crippen LogP contribution in [-0.2, 0) is 41.9 Å². The smallest absolute Gasteiger partial charge is 0.549 e. The van der Waals surface area contributed by atoms with E-state index in [0.29, 0.717) is 37.1 Å². The van der Waals surface area contributed by atoms with Gasteiger partial charge >= 0.3 is 19.5 Å². The summed E-state index contributed by atoms with van der Waals surface area (Å²) in [6, 6.07) is 8.60. The second-order valence-corrected chi connectivity index (χ2v) is 6.22. The van der Waals surface area contributed by atoms with E-state index in [9.17, 15) is 30.0 Å². The van der Waals surface area contributed by atoms with Crippen LogP contribution in [0.5, 0.6) is 23.0 Å². The fraction of sp³-hybridized carbons (Fsp3) is 0.300. The summed E-state index contributed by atoms with van der Waals surface area (Å²) in [6.45, 7) is 0.427. The molecule has 0 aliphatic rings. The molecule has 2 aromatic carbocycles. The number of carboxylic acid groups (broad SMARTS) is 2. The molecule has 0 aliphatic heterocycles. The van der Waals surface area contributed by atoms with E-state index in [1.165, 1.54) is 24.3 Å². The maximum atomic E-state index is 10.1. The van der Waals surface area contributed by atoms with Gasteiger partial charge in [0.05, 0.1) is 11.9 Å². The molecule has 0 aromatic heterocycles. The van der Waals surface area contributed by atoms with Gasteiger partial charge in [-0.2, -0.15) is 0 Å². The maximum absolute atomic E-state index is 10.1. The zero-order chi connectivity index (χ0) is 22.5. The first-order valence-corrected chi connectivity index (χ1v) is 9.02. The van der Waals surface area contributed by atoms with Gasteiger partial charge in [0.15, 0.2) is 0 Å². The molecule has 0 aliphatic carbocycles. The fourth-order valence-corrected chi connectivity index (χ4v) is 2.35. The van der Waals surface area contributed by atoms with Crippen molar-refractivity contribution in [3.8, 4) is 23.0 Å². The van der Waals surface area contributed by atoms with Crippen molar-refractivity contribution in [2.24, 2.45) is 0 Å². The molecule has 0 heterocycles. The molecule has 0 saturated heterocycles. The molecule has 6 N–H and O–H groups in total. The predicted molar refractivity (Wildman–Crippen MR) is 103 cm³/mol. The van der Waals surface area contributed by atoms with Gasteiger partial charge in [0.2, 0.25) is 0 Å². The van der Waals surface area contributed by atoms with Crippen LogP contribution in [0.2, 0.25) is 0 Å². The SMILES string of the molecule is O=C([O-])CNCCc1ccc(O)cc1O.O=C([O-])CNCCc1ccc(O)cc1O.[Zn+2]. The van der Waals surface area contributed by atoms with Crippen LogP contribution >= 0.6 is 0 Å². The molecular formula is C20H24N2O8Zn. The second kappa shape index (κ2) is 15.0. The zero-order valence-electron chi connectivity index (χ0n) is 16.8. The van der Waals surface area contributed by atoms with Crippen molar-refractivity contribution in [2.75, 3.05) is 26.2 Å². The molecule has 0 spiro atoms. The van der Waals surface area contributed by atoms with Crippen LogP contribution in [0, 0.1) is 0 Å². The number of phenols is 4. The monoisotopic (exact) mass is 484 g/mol. The second-order valence-electron chi connectivity index (χ2n) is 6.22. The molecule has 0 radical (unpaired) electrons. The summed E-state index contributed by atoms with van der Waals surface area (Å²) < 4.78 is 0. The molecule has 0 unspecified atom stereocenters. The molecule has 164 valence electrons. The molecule has 0 bridgehead atoms. The molecular weight excluding hydrogens is 462 g/mol. The van der Waals surface area contributed by atoms with Crippen LogP contribution in [0.1, 0.15) is 11.1 Å². The Morgan fingerprint density at radius 1 is 0.710 bits per heavy atom. The Morgan fingerprint density at radius 2 is 1.06 bits per heavy atom. The minimum atomic E-state index is -1.16. The van der Waals surface area contributed by atoms with Gasteiger partial charge < -0.3 is 50.9 Å². The number of carbonyl (C=O) groups is 2. The molecule has 2 aromatic rings.